The SMILES string of the molecule is Nc1nc2c(ncn2C=O)c(=O)[nH]1. The fourth-order valence-electron chi connectivity index (χ4n) is 1.02. The number of anilines is 1. The van der Waals surface area contributed by atoms with Gasteiger partial charge in [-0.05, 0) is 0 Å². The summed E-state index contributed by atoms with van der Waals surface area (Å²) in [4.78, 5) is 31.3. The topological polar surface area (TPSA) is 107 Å². The van der Waals surface area contributed by atoms with Crippen LogP contribution in [-0.2, 0) is 4.79 Å². The Morgan fingerprint density at radius 1 is 1.62 bits per heavy atom. The van der Waals surface area contributed by atoms with Gasteiger partial charge in [0.1, 0.15) is 6.33 Å². The van der Waals surface area contributed by atoms with Gasteiger partial charge in [0.05, 0.1) is 0 Å². The Balaban J connectivity index is 2.98. The molecule has 2 aromatic heterocycles. The van der Waals surface area contributed by atoms with E-state index in [1.807, 2.05) is 0 Å². The van der Waals surface area contributed by atoms with Crippen molar-refractivity contribution >= 4 is 23.5 Å². The summed E-state index contributed by atoms with van der Waals surface area (Å²) in [5.74, 6) is -0.0406. The van der Waals surface area contributed by atoms with Crippen molar-refractivity contribution in [2.75, 3.05) is 5.73 Å². The van der Waals surface area contributed by atoms with Crippen molar-refractivity contribution in [1.29, 1.82) is 0 Å². The Hall–Kier alpha value is -2.18. The highest BCUT2D eigenvalue weighted by Gasteiger charge is 2.07. The number of imidazole rings is 1. The molecule has 0 radical (unpaired) electrons. The van der Waals surface area contributed by atoms with Gasteiger partial charge in [0.2, 0.25) is 12.4 Å². The number of nitrogens with two attached hydrogens (primary N) is 1. The van der Waals surface area contributed by atoms with E-state index < -0.39 is 5.56 Å². The lowest BCUT2D eigenvalue weighted by Gasteiger charge is -1.92. The average Bonchev–Trinajstić information content (AvgIpc) is 2.47. The van der Waals surface area contributed by atoms with Crippen LogP contribution in [0.5, 0.6) is 0 Å². The minimum absolute atomic E-state index is 0.0406. The summed E-state index contributed by atoms with van der Waals surface area (Å²) < 4.78 is 1.08. The molecule has 2 heterocycles. The average molecular weight is 179 g/mol. The zero-order valence-corrected chi connectivity index (χ0v) is 6.39. The molecule has 2 rings (SSSR count). The summed E-state index contributed by atoms with van der Waals surface area (Å²) in [6.07, 6.45) is 1.71. The van der Waals surface area contributed by atoms with E-state index in [0.717, 1.165) is 4.57 Å². The molecule has 13 heavy (non-hydrogen) atoms. The van der Waals surface area contributed by atoms with Gasteiger partial charge >= 0.3 is 0 Å². The predicted molar refractivity (Wildman–Crippen MR) is 44.7 cm³/mol. The van der Waals surface area contributed by atoms with Crippen molar-refractivity contribution < 1.29 is 4.79 Å². The monoisotopic (exact) mass is 179 g/mol. The minimum atomic E-state index is -0.455. The molecule has 0 aliphatic carbocycles. The largest absolute Gasteiger partial charge is 0.369 e. The first-order chi connectivity index (χ1) is 6.22. The standard InChI is InChI=1S/C6H5N5O2/c7-6-9-4-3(5(13)10-6)8-1-11(4)2-12/h1-2H,(H3,7,9,10,13). The van der Waals surface area contributed by atoms with Gasteiger partial charge in [-0.15, -0.1) is 0 Å². The fraction of sp³-hybridized carbons (Fsp3) is 0. The van der Waals surface area contributed by atoms with Crippen LogP contribution in [-0.4, -0.2) is 25.9 Å². The van der Waals surface area contributed by atoms with E-state index in [1.54, 1.807) is 0 Å². The van der Waals surface area contributed by atoms with Crippen LogP contribution in [0.4, 0.5) is 5.95 Å². The van der Waals surface area contributed by atoms with Crippen molar-refractivity contribution in [2.45, 2.75) is 0 Å². The maximum Gasteiger partial charge on any atom is 0.280 e. The van der Waals surface area contributed by atoms with E-state index in [-0.39, 0.29) is 17.1 Å². The number of hydrogen-bond donors (Lipinski definition) is 2. The van der Waals surface area contributed by atoms with Gasteiger partial charge in [0.15, 0.2) is 11.2 Å². The Kier molecular flexibility index (Phi) is 1.38. The number of nitrogens with zero attached hydrogens (tertiary/aromatic N) is 3. The zero-order valence-electron chi connectivity index (χ0n) is 6.39. The quantitative estimate of drug-likeness (QED) is 0.531. The Labute approximate surface area is 71.2 Å². The number of nitrogens with one attached hydrogen (secondary N) is 1. The molecule has 0 amide bonds. The van der Waals surface area contributed by atoms with Gasteiger partial charge in [-0.25, -0.2) is 4.98 Å². The summed E-state index contributed by atoms with van der Waals surface area (Å²) in [5.41, 5.74) is 5.09. The molecule has 0 aromatic carbocycles. The Morgan fingerprint density at radius 2 is 2.38 bits per heavy atom. The number of aromatic amines is 1. The van der Waals surface area contributed by atoms with E-state index >= 15 is 0 Å². The van der Waals surface area contributed by atoms with E-state index in [9.17, 15) is 9.59 Å². The van der Waals surface area contributed by atoms with Crippen LogP contribution in [0.15, 0.2) is 11.1 Å². The first-order valence-electron chi connectivity index (χ1n) is 3.40. The number of fused-ring (bicyclic) bond motifs is 1. The molecule has 7 heteroatoms. The Bertz CT molecular complexity index is 525. The number of carbonyl (C=O) groups excluding carboxylic acids is 1. The van der Waals surface area contributed by atoms with Gasteiger partial charge in [0, 0.05) is 0 Å². The molecule has 7 nitrogen and oxygen atoms in total. The van der Waals surface area contributed by atoms with Crippen LogP contribution in [0, 0.1) is 0 Å². The highest BCUT2D eigenvalue weighted by atomic mass is 16.1. The van der Waals surface area contributed by atoms with E-state index in [4.69, 9.17) is 5.73 Å². The zero-order chi connectivity index (χ0) is 9.42. The molecular formula is C6H5N5O2. The van der Waals surface area contributed by atoms with Gasteiger partial charge in [-0.3, -0.25) is 19.1 Å². The molecule has 3 N–H and O–H groups in total. The van der Waals surface area contributed by atoms with Crippen LogP contribution >= 0.6 is 0 Å². The number of rotatable bonds is 1. The van der Waals surface area contributed by atoms with Crippen LogP contribution in [0.3, 0.4) is 0 Å². The highest BCUT2D eigenvalue weighted by molar-refractivity contribution is 5.77. The molecule has 66 valence electrons. The summed E-state index contributed by atoms with van der Waals surface area (Å²) in [7, 11) is 0. The lowest BCUT2D eigenvalue weighted by molar-refractivity contribution is 0.548. The van der Waals surface area contributed by atoms with Crippen molar-refractivity contribution in [3.05, 3.63) is 16.7 Å². The van der Waals surface area contributed by atoms with Crippen molar-refractivity contribution in [3.63, 3.8) is 0 Å². The number of hydrogen-bond acceptors (Lipinski definition) is 5. The third-order valence-electron chi connectivity index (χ3n) is 1.56. The van der Waals surface area contributed by atoms with Crippen molar-refractivity contribution in [1.82, 2.24) is 19.5 Å². The van der Waals surface area contributed by atoms with E-state index in [2.05, 4.69) is 15.0 Å². The molecule has 0 unspecified atom stereocenters. The second-order valence-electron chi connectivity index (χ2n) is 2.38. The second-order valence-corrected chi connectivity index (χ2v) is 2.38. The number of nitrogen functional groups attached to an aromatic ring is 1. The number of H-pyrrole nitrogens is 1. The predicted octanol–water partition coefficient (Wildman–Crippen LogP) is -1.26. The molecule has 0 saturated carbocycles. The van der Waals surface area contributed by atoms with E-state index in [0.29, 0.717) is 6.41 Å². The van der Waals surface area contributed by atoms with Gasteiger partial charge < -0.3 is 5.73 Å². The normalized spacial score (nSPS) is 10.5. The van der Waals surface area contributed by atoms with E-state index in [1.165, 1.54) is 6.33 Å². The van der Waals surface area contributed by atoms with Crippen LogP contribution in [0.25, 0.3) is 11.2 Å². The smallest absolute Gasteiger partial charge is 0.280 e. The number of carbonyl (C=O) groups is 1. The third kappa shape index (κ3) is 0.975. The van der Waals surface area contributed by atoms with Crippen LogP contribution in [0.2, 0.25) is 0 Å². The molecule has 0 saturated heterocycles. The lowest BCUT2D eigenvalue weighted by atomic mass is 10.5. The minimum Gasteiger partial charge on any atom is -0.369 e. The summed E-state index contributed by atoms with van der Waals surface area (Å²) in [6, 6.07) is 0. The maximum absolute atomic E-state index is 11.2. The summed E-state index contributed by atoms with van der Waals surface area (Å²) in [5, 5.41) is 0. The Morgan fingerprint density at radius 3 is 3.08 bits per heavy atom. The fourth-order valence-corrected chi connectivity index (χ4v) is 1.02. The molecule has 0 bridgehead atoms. The molecule has 0 spiro atoms. The summed E-state index contributed by atoms with van der Waals surface area (Å²) in [6.45, 7) is 0. The first kappa shape index (κ1) is 7.47. The van der Waals surface area contributed by atoms with Crippen LogP contribution in [0.1, 0.15) is 0 Å². The maximum atomic E-state index is 11.2. The molecule has 2 aromatic rings. The molecular weight excluding hydrogens is 174 g/mol. The molecule has 0 aliphatic rings. The molecule has 0 fully saturated rings. The summed E-state index contributed by atoms with van der Waals surface area (Å²) >= 11 is 0. The second kappa shape index (κ2) is 2.41. The lowest BCUT2D eigenvalue weighted by Crippen LogP contribution is -2.12. The van der Waals surface area contributed by atoms with Crippen molar-refractivity contribution in [2.24, 2.45) is 0 Å². The number of aromatic nitrogens is 4. The van der Waals surface area contributed by atoms with Crippen LogP contribution < -0.4 is 11.3 Å². The van der Waals surface area contributed by atoms with Gasteiger partial charge in [-0.1, -0.05) is 0 Å². The third-order valence-corrected chi connectivity index (χ3v) is 1.56. The van der Waals surface area contributed by atoms with Gasteiger partial charge in [-0.2, -0.15) is 4.98 Å². The highest BCUT2D eigenvalue weighted by Crippen LogP contribution is 2.03. The molecule has 0 aliphatic heterocycles. The van der Waals surface area contributed by atoms with Gasteiger partial charge in [0.25, 0.3) is 5.56 Å². The first-order valence-corrected chi connectivity index (χ1v) is 3.40. The molecule has 0 atom stereocenters. The van der Waals surface area contributed by atoms with Crippen molar-refractivity contribution in [3.8, 4) is 0 Å².